The summed E-state index contributed by atoms with van der Waals surface area (Å²) in [5.41, 5.74) is 11.4. The van der Waals surface area contributed by atoms with Crippen LogP contribution in [-0.4, -0.2) is 28.2 Å². The van der Waals surface area contributed by atoms with Crippen LogP contribution in [0.4, 0.5) is 0 Å². The van der Waals surface area contributed by atoms with Gasteiger partial charge >= 0.3 is 21.1 Å². The fourth-order valence-corrected chi connectivity index (χ4v) is 8.78. The molecule has 0 saturated carbocycles. The molecule has 0 N–H and O–H groups in total. The summed E-state index contributed by atoms with van der Waals surface area (Å²) in [6, 6.07) is 63.4. The van der Waals surface area contributed by atoms with E-state index in [1.165, 1.54) is 16.2 Å². The van der Waals surface area contributed by atoms with Crippen molar-refractivity contribution in [1.82, 2.24) is 28.2 Å². The van der Waals surface area contributed by atoms with Crippen molar-refractivity contribution >= 4 is 76.5 Å². The molecular weight excluding hydrogens is 868 g/mol. The van der Waals surface area contributed by atoms with Crippen molar-refractivity contribution in [2.24, 2.45) is 7.05 Å². The van der Waals surface area contributed by atoms with E-state index in [1.807, 2.05) is 12.3 Å². The molecule has 0 amide bonds. The van der Waals surface area contributed by atoms with Gasteiger partial charge in [0.05, 0.1) is 33.6 Å². The van der Waals surface area contributed by atoms with Gasteiger partial charge in [-0.1, -0.05) is 102 Å². The van der Waals surface area contributed by atoms with Crippen molar-refractivity contribution in [3.8, 4) is 28.6 Å². The summed E-state index contributed by atoms with van der Waals surface area (Å²) in [6.45, 7) is 0. The minimum Gasteiger partial charge on any atom is -0.367 e. The molecule has 0 radical (unpaired) electrons. The monoisotopic (exact) mass is 897 g/mol. The summed E-state index contributed by atoms with van der Waals surface area (Å²) in [4.78, 5) is 10.0. The molecule has 0 bridgehead atoms. The Morgan fingerprint density at radius 3 is 1.62 bits per heavy atom. The van der Waals surface area contributed by atoms with Crippen molar-refractivity contribution in [3.63, 3.8) is 0 Å². The molecule has 0 unspecified atom stereocenters. The van der Waals surface area contributed by atoms with Gasteiger partial charge in [0.15, 0.2) is 0 Å². The second kappa shape index (κ2) is 12.4. The van der Waals surface area contributed by atoms with E-state index in [0.717, 1.165) is 88.9 Å². The second-order valence-corrected chi connectivity index (χ2v) is 14.2. The van der Waals surface area contributed by atoms with Gasteiger partial charge in [0, 0.05) is 41.1 Å². The largest absolute Gasteiger partial charge is 2.00 e. The fourth-order valence-electron chi connectivity index (χ4n) is 8.78. The molecule has 0 saturated heterocycles. The summed E-state index contributed by atoms with van der Waals surface area (Å²) in [5, 5.41) is 7.03. The zero-order chi connectivity index (χ0) is 36.2. The minimum absolute atomic E-state index is 0. The van der Waals surface area contributed by atoms with Crippen LogP contribution in [0, 0.1) is 12.1 Å². The van der Waals surface area contributed by atoms with Gasteiger partial charge in [-0.3, -0.25) is 4.98 Å². The molecular formula is C49H30N6Pt. The quantitative estimate of drug-likeness (QED) is 0.165. The standard InChI is InChI=1S/C49H30N6.Pt/c1-52-45-21-11-6-16-40(45)51-49(52)31-22-24-38-36-14-4-9-19-43(36)54(46(38)28-31)32-23-25-39-37-15-5-10-20-44(37)55(47(39)29-32)48-30-33(26-27-50-48)53-41-17-7-2-12-34(41)35-13-3-8-18-42(35)53;/h2-27,30H,1H3;/q-2;+2. The van der Waals surface area contributed by atoms with E-state index in [2.05, 4.69) is 189 Å². The number of pyridine rings is 1. The van der Waals surface area contributed by atoms with Gasteiger partial charge in [0.25, 0.3) is 0 Å². The van der Waals surface area contributed by atoms with Crippen LogP contribution in [0.3, 0.4) is 0 Å². The van der Waals surface area contributed by atoms with Gasteiger partial charge in [-0.05, 0) is 58.8 Å². The average molecular weight is 898 g/mol. The number of rotatable bonds is 4. The van der Waals surface area contributed by atoms with Crippen LogP contribution < -0.4 is 0 Å². The number of imidazole rings is 1. The van der Waals surface area contributed by atoms with Crippen molar-refractivity contribution in [1.29, 1.82) is 0 Å². The molecule has 0 aliphatic carbocycles. The number of nitrogens with zero attached hydrogens (tertiary/aromatic N) is 6. The molecule has 12 aromatic rings. The van der Waals surface area contributed by atoms with E-state index in [0.29, 0.717) is 0 Å². The Hall–Kier alpha value is -6.75. The molecule has 0 fully saturated rings. The van der Waals surface area contributed by atoms with Gasteiger partial charge in [-0.15, -0.1) is 41.3 Å². The molecule has 12 rings (SSSR count). The molecule has 7 heteroatoms. The molecule has 266 valence electrons. The zero-order valence-electron chi connectivity index (χ0n) is 30.1. The molecule has 7 aromatic carbocycles. The molecule has 56 heavy (non-hydrogen) atoms. The molecule has 6 nitrogen and oxygen atoms in total. The Kier molecular flexibility index (Phi) is 7.22. The Morgan fingerprint density at radius 1 is 0.464 bits per heavy atom. The van der Waals surface area contributed by atoms with E-state index in [-0.39, 0.29) is 21.1 Å². The third-order valence-corrected chi connectivity index (χ3v) is 11.2. The summed E-state index contributed by atoms with van der Waals surface area (Å²) in [6.07, 6.45) is 1.92. The maximum absolute atomic E-state index is 5.02. The number of aromatic nitrogens is 6. The van der Waals surface area contributed by atoms with Crippen LogP contribution in [0.15, 0.2) is 164 Å². The minimum atomic E-state index is 0. The van der Waals surface area contributed by atoms with Gasteiger partial charge in [0.1, 0.15) is 5.82 Å². The van der Waals surface area contributed by atoms with Crippen molar-refractivity contribution in [2.45, 2.75) is 0 Å². The molecule has 0 aliphatic heterocycles. The maximum Gasteiger partial charge on any atom is 2.00 e. The molecule has 5 heterocycles. The first-order valence-electron chi connectivity index (χ1n) is 18.5. The predicted octanol–water partition coefficient (Wildman–Crippen LogP) is 11.5. The predicted molar refractivity (Wildman–Crippen MR) is 225 cm³/mol. The van der Waals surface area contributed by atoms with E-state index >= 15 is 0 Å². The van der Waals surface area contributed by atoms with Crippen LogP contribution in [0.5, 0.6) is 0 Å². The summed E-state index contributed by atoms with van der Waals surface area (Å²) in [7, 11) is 2.07. The molecule has 0 aliphatic rings. The Bertz CT molecular complexity index is 3470. The first-order chi connectivity index (χ1) is 27.2. The smallest absolute Gasteiger partial charge is 0.367 e. The average Bonchev–Trinajstić information content (AvgIpc) is 3.97. The van der Waals surface area contributed by atoms with Crippen molar-refractivity contribution in [2.75, 3.05) is 0 Å². The first-order valence-corrected chi connectivity index (χ1v) is 18.5. The topological polar surface area (TPSA) is 45.5 Å². The summed E-state index contributed by atoms with van der Waals surface area (Å²) in [5.74, 6) is 1.71. The number of benzene rings is 7. The molecule has 0 atom stereocenters. The van der Waals surface area contributed by atoms with E-state index in [1.54, 1.807) is 0 Å². The molecule has 0 spiro atoms. The van der Waals surface area contributed by atoms with Crippen LogP contribution in [0.25, 0.3) is 105 Å². The van der Waals surface area contributed by atoms with Crippen LogP contribution in [0.1, 0.15) is 0 Å². The Labute approximate surface area is 335 Å². The number of aryl methyl sites for hydroxylation is 1. The van der Waals surface area contributed by atoms with E-state index in [4.69, 9.17) is 9.97 Å². The van der Waals surface area contributed by atoms with Crippen molar-refractivity contribution < 1.29 is 21.1 Å². The zero-order valence-corrected chi connectivity index (χ0v) is 32.4. The van der Waals surface area contributed by atoms with Gasteiger partial charge in [-0.2, -0.15) is 6.07 Å². The fraction of sp³-hybridized carbons (Fsp3) is 0.0204. The van der Waals surface area contributed by atoms with E-state index < -0.39 is 0 Å². The van der Waals surface area contributed by atoms with Gasteiger partial charge < -0.3 is 18.3 Å². The number of hydrogen-bond acceptors (Lipinski definition) is 2. The number of fused-ring (bicyclic) bond motifs is 10. The van der Waals surface area contributed by atoms with Crippen LogP contribution >= 0.6 is 0 Å². The summed E-state index contributed by atoms with van der Waals surface area (Å²) < 4.78 is 9.04. The molecule has 5 aromatic heterocycles. The number of para-hydroxylation sites is 6. The van der Waals surface area contributed by atoms with Gasteiger partial charge in [-0.25, -0.2) is 4.98 Å². The van der Waals surface area contributed by atoms with Crippen LogP contribution in [-0.2, 0) is 28.1 Å². The SMILES string of the molecule is Cn1c(-c2[c-]c3c(cc2)c2ccccc2n3-c2[c-]c3c(cc2)c2ccccc2n3-c2cc(-n3c4ccccc4c4ccccc43)ccn2)nc2ccccc21.[Pt+2]. The first kappa shape index (κ1) is 32.7. The maximum atomic E-state index is 5.02. The number of hydrogen-bond donors (Lipinski definition) is 0. The normalized spacial score (nSPS) is 11.9. The third-order valence-electron chi connectivity index (χ3n) is 11.2. The van der Waals surface area contributed by atoms with Gasteiger partial charge in [0.2, 0.25) is 0 Å². The Morgan fingerprint density at radius 2 is 0.982 bits per heavy atom. The third kappa shape index (κ3) is 4.60. The van der Waals surface area contributed by atoms with Crippen LogP contribution in [0.2, 0.25) is 0 Å². The second-order valence-electron chi connectivity index (χ2n) is 14.2. The van der Waals surface area contributed by atoms with Crippen molar-refractivity contribution in [3.05, 3.63) is 176 Å². The summed E-state index contributed by atoms with van der Waals surface area (Å²) >= 11 is 0. The Balaban J connectivity index is 0.00000363. The van der Waals surface area contributed by atoms with E-state index in [9.17, 15) is 0 Å².